The van der Waals surface area contributed by atoms with Crippen LogP contribution >= 0.6 is 0 Å². The summed E-state index contributed by atoms with van der Waals surface area (Å²) in [4.78, 5) is 52.6. The van der Waals surface area contributed by atoms with Gasteiger partial charge in [-0.2, -0.15) is 0 Å². The molecule has 0 fully saturated rings. The van der Waals surface area contributed by atoms with Crippen LogP contribution in [0, 0.1) is 21.7 Å². The summed E-state index contributed by atoms with van der Waals surface area (Å²) in [6.45, 7) is 21.6. The van der Waals surface area contributed by atoms with E-state index in [0.717, 1.165) is 0 Å². The zero-order chi connectivity index (χ0) is 22.2. The van der Waals surface area contributed by atoms with Crippen molar-refractivity contribution >= 4 is 47.4 Å². The monoisotopic (exact) mass is 574 g/mol. The molecule has 0 N–H and O–H groups in total. The fourth-order valence-corrected chi connectivity index (χ4v) is 12.8. The maximum atomic E-state index is 13.1. The average Bonchev–Trinajstić information content (AvgIpc) is 2.42. The van der Waals surface area contributed by atoms with Crippen LogP contribution in [0.5, 0.6) is 0 Å². The van der Waals surface area contributed by atoms with E-state index in [1.54, 1.807) is 83.1 Å². The second kappa shape index (κ2) is 8.54. The Morgan fingerprint density at radius 3 is 0.704 bits per heavy atom. The van der Waals surface area contributed by atoms with Crippen LogP contribution in [0.3, 0.4) is 0 Å². The van der Waals surface area contributed by atoms with E-state index in [1.807, 2.05) is 0 Å². The predicted octanol–water partition coefficient (Wildman–Crippen LogP) is 4.73. The molecule has 0 bridgehead atoms. The summed E-state index contributed by atoms with van der Waals surface area (Å²) in [6, 6.07) is 0. The van der Waals surface area contributed by atoms with Crippen LogP contribution < -0.4 is 0 Å². The molecule has 154 valence electrons. The summed E-state index contributed by atoms with van der Waals surface area (Å²) in [5.74, 6) is -0.503. The van der Waals surface area contributed by atoms with Crippen molar-refractivity contribution in [2.24, 2.45) is 21.7 Å². The van der Waals surface area contributed by atoms with Gasteiger partial charge in [0.1, 0.15) is 0 Å². The van der Waals surface area contributed by atoms with Crippen molar-refractivity contribution in [1.82, 2.24) is 0 Å². The van der Waals surface area contributed by atoms with Crippen molar-refractivity contribution in [1.29, 1.82) is 0 Å². The SMILES string of the molecule is CC(C)(C)C(=O)[CH]([Pb][CH](C(=O)C(C)(C)C)C(=O)C(C)(C)C)C(=O)C(C)(C)C. The molecule has 0 saturated carbocycles. The van der Waals surface area contributed by atoms with Crippen LogP contribution in [0.2, 0.25) is 6.95 Å². The van der Waals surface area contributed by atoms with Crippen LogP contribution in [0.25, 0.3) is 0 Å². The predicted molar refractivity (Wildman–Crippen MR) is 111 cm³/mol. The molecule has 0 saturated heterocycles. The molecule has 27 heavy (non-hydrogen) atoms. The van der Waals surface area contributed by atoms with Gasteiger partial charge in [-0.05, 0) is 0 Å². The molecule has 0 aliphatic rings. The van der Waals surface area contributed by atoms with Crippen molar-refractivity contribution in [3.05, 3.63) is 0 Å². The van der Waals surface area contributed by atoms with Crippen LogP contribution in [0.1, 0.15) is 83.1 Å². The first kappa shape index (κ1) is 26.6. The van der Waals surface area contributed by atoms with Crippen LogP contribution in [-0.2, 0) is 19.2 Å². The molecule has 0 aliphatic carbocycles. The number of Topliss-reactive ketones (excluding diaryl/α,β-unsaturated/α-hetero) is 4. The number of carbonyl (C=O) groups is 4. The molecule has 0 rings (SSSR count). The van der Waals surface area contributed by atoms with E-state index in [2.05, 4.69) is 0 Å². The molecule has 0 aliphatic heterocycles. The molecular weight excluding hydrogens is 535 g/mol. The Bertz CT molecular complexity index is 498. The third kappa shape index (κ3) is 7.50. The van der Waals surface area contributed by atoms with Gasteiger partial charge in [-0.15, -0.1) is 0 Å². The summed E-state index contributed by atoms with van der Waals surface area (Å²) in [7, 11) is 0. The zero-order valence-electron chi connectivity index (χ0n) is 19.3. The van der Waals surface area contributed by atoms with Crippen LogP contribution in [0.15, 0.2) is 0 Å². The van der Waals surface area contributed by atoms with Crippen molar-refractivity contribution in [3.63, 3.8) is 0 Å². The number of rotatable bonds is 6. The second-order valence-electron chi connectivity index (χ2n) is 11.5. The van der Waals surface area contributed by atoms with Gasteiger partial charge in [0.05, 0.1) is 0 Å². The maximum absolute atomic E-state index is 13.1. The topological polar surface area (TPSA) is 68.3 Å². The summed E-state index contributed by atoms with van der Waals surface area (Å²) in [5.41, 5.74) is -2.73. The van der Waals surface area contributed by atoms with Gasteiger partial charge in [-0.25, -0.2) is 0 Å². The standard InChI is InChI=1S/2C11H19O2.Pb/c2*1-10(2,3)8(12)7-9(13)11(4,5)6;/h2*7H,1-6H3;. The number of hydrogen-bond acceptors (Lipinski definition) is 4. The van der Waals surface area contributed by atoms with Crippen molar-refractivity contribution < 1.29 is 19.2 Å². The average molecular weight is 574 g/mol. The molecule has 0 atom stereocenters. The van der Waals surface area contributed by atoms with E-state index in [4.69, 9.17) is 0 Å². The molecule has 0 spiro atoms. The minimum absolute atomic E-state index is 0.126. The first-order valence-corrected chi connectivity index (χ1v) is 14.0. The Kier molecular flexibility index (Phi) is 8.41. The molecule has 0 aromatic carbocycles. The van der Waals surface area contributed by atoms with Crippen LogP contribution in [-0.4, -0.2) is 47.4 Å². The van der Waals surface area contributed by atoms with Crippen molar-refractivity contribution in [3.8, 4) is 0 Å². The number of carbonyl (C=O) groups excluding carboxylic acids is 4. The van der Waals surface area contributed by atoms with Gasteiger partial charge in [0.2, 0.25) is 0 Å². The van der Waals surface area contributed by atoms with Gasteiger partial charge < -0.3 is 0 Å². The molecular formula is C22H38O4Pb. The van der Waals surface area contributed by atoms with Gasteiger partial charge in [0.15, 0.2) is 0 Å². The van der Waals surface area contributed by atoms with E-state index < -0.39 is 52.8 Å². The van der Waals surface area contributed by atoms with Crippen LogP contribution in [0.4, 0.5) is 0 Å². The summed E-state index contributed by atoms with van der Waals surface area (Å²) in [5, 5.41) is 0. The third-order valence-corrected chi connectivity index (χ3v) is 11.0. The number of hydrogen-bond donors (Lipinski definition) is 0. The van der Waals surface area contributed by atoms with Crippen molar-refractivity contribution in [2.75, 3.05) is 0 Å². The molecule has 2 radical (unpaired) electrons. The summed E-state index contributed by atoms with van der Waals surface area (Å²) >= 11 is -2.32. The summed E-state index contributed by atoms with van der Waals surface area (Å²) in [6.07, 6.45) is 0. The molecule has 0 amide bonds. The molecule has 0 aromatic rings. The van der Waals surface area contributed by atoms with E-state index in [1.165, 1.54) is 0 Å². The Balaban J connectivity index is 6.29. The fraction of sp³-hybridized carbons (Fsp3) is 0.818. The first-order valence-electron chi connectivity index (χ1n) is 9.55. The van der Waals surface area contributed by atoms with Gasteiger partial charge in [0.25, 0.3) is 0 Å². The normalized spacial score (nSPS) is 13.9. The fourth-order valence-electron chi connectivity index (χ4n) is 2.44. The Morgan fingerprint density at radius 2 is 0.593 bits per heavy atom. The Morgan fingerprint density at radius 1 is 0.444 bits per heavy atom. The Hall–Kier alpha value is -0.398. The first-order chi connectivity index (χ1) is 11.6. The third-order valence-electron chi connectivity index (χ3n) is 4.34. The minimum atomic E-state index is -2.32. The molecule has 4 nitrogen and oxygen atoms in total. The quantitative estimate of drug-likeness (QED) is 0.341. The van der Waals surface area contributed by atoms with E-state index in [-0.39, 0.29) is 23.1 Å². The Labute approximate surface area is 177 Å². The second-order valence-corrected chi connectivity index (χ2v) is 17.3. The molecule has 0 unspecified atom stereocenters. The van der Waals surface area contributed by atoms with Gasteiger partial charge in [0, 0.05) is 0 Å². The van der Waals surface area contributed by atoms with Crippen molar-refractivity contribution in [2.45, 2.75) is 90.0 Å². The van der Waals surface area contributed by atoms with Gasteiger partial charge >= 0.3 is 178 Å². The molecule has 0 heterocycles. The zero-order valence-corrected chi connectivity index (χ0v) is 23.2. The van der Waals surface area contributed by atoms with Gasteiger partial charge in [-0.1, -0.05) is 0 Å². The molecule has 0 aromatic heterocycles. The van der Waals surface area contributed by atoms with E-state index in [0.29, 0.717) is 0 Å². The van der Waals surface area contributed by atoms with Gasteiger partial charge in [-0.3, -0.25) is 0 Å². The van der Waals surface area contributed by atoms with E-state index in [9.17, 15) is 19.2 Å². The van der Waals surface area contributed by atoms with E-state index >= 15 is 0 Å². The molecule has 5 heteroatoms. The summed E-state index contributed by atoms with van der Waals surface area (Å²) < 4.78 is -1.54. The number of ketones is 4.